The molecule has 2 fully saturated rings. The molecule has 0 atom stereocenters. The summed E-state index contributed by atoms with van der Waals surface area (Å²) in [6, 6.07) is 0. The highest BCUT2D eigenvalue weighted by atomic mass is 16.3. The first kappa shape index (κ1) is 12.8. The average Bonchev–Trinajstić information content (AvgIpc) is 3.07. The van der Waals surface area contributed by atoms with Gasteiger partial charge in [0.2, 0.25) is 5.91 Å². The van der Waals surface area contributed by atoms with Gasteiger partial charge in [-0.3, -0.25) is 4.79 Å². The summed E-state index contributed by atoms with van der Waals surface area (Å²) in [5.74, 6) is -0.0749. The van der Waals surface area contributed by atoms with Crippen molar-refractivity contribution in [2.45, 2.75) is 57.0 Å². The second kappa shape index (κ2) is 4.94. The van der Waals surface area contributed by atoms with Gasteiger partial charge >= 0.3 is 0 Å². The van der Waals surface area contributed by atoms with Crippen LogP contribution in [-0.2, 0) is 4.79 Å². The number of nitrogens with one attached hydrogen (secondary N) is 1. The lowest BCUT2D eigenvalue weighted by atomic mass is 9.82. The standard InChI is InChI=1S/C13H23NO3/c15-10-12(6-7-12)9-14-11(16)8-13(17)4-2-1-3-5-13/h15,17H,1-10H2,(H,14,16). The van der Waals surface area contributed by atoms with Crippen LogP contribution in [0.2, 0.25) is 0 Å². The highest BCUT2D eigenvalue weighted by molar-refractivity contribution is 5.77. The second-order valence-corrected chi connectivity index (χ2v) is 5.90. The summed E-state index contributed by atoms with van der Waals surface area (Å²) in [6.45, 7) is 0.704. The summed E-state index contributed by atoms with van der Waals surface area (Å²) in [7, 11) is 0. The van der Waals surface area contributed by atoms with Gasteiger partial charge in [-0.2, -0.15) is 0 Å². The molecular weight excluding hydrogens is 218 g/mol. The van der Waals surface area contributed by atoms with Crippen LogP contribution in [-0.4, -0.2) is 34.9 Å². The van der Waals surface area contributed by atoms with E-state index in [2.05, 4.69) is 5.32 Å². The van der Waals surface area contributed by atoms with Crippen LogP contribution in [0.5, 0.6) is 0 Å². The maximum Gasteiger partial charge on any atom is 0.222 e. The fourth-order valence-corrected chi connectivity index (χ4v) is 2.60. The molecule has 0 unspecified atom stereocenters. The van der Waals surface area contributed by atoms with Gasteiger partial charge in [-0.1, -0.05) is 19.3 Å². The number of hydrogen-bond donors (Lipinski definition) is 3. The molecule has 0 heterocycles. The summed E-state index contributed by atoms with van der Waals surface area (Å²) in [4.78, 5) is 11.8. The van der Waals surface area contributed by atoms with Crippen molar-refractivity contribution >= 4 is 5.91 Å². The molecule has 98 valence electrons. The van der Waals surface area contributed by atoms with Gasteiger partial charge in [-0.25, -0.2) is 0 Å². The van der Waals surface area contributed by atoms with Crippen molar-refractivity contribution in [2.24, 2.45) is 5.41 Å². The van der Waals surface area contributed by atoms with Crippen LogP contribution in [0, 0.1) is 5.41 Å². The van der Waals surface area contributed by atoms with Crippen molar-refractivity contribution in [3.05, 3.63) is 0 Å². The summed E-state index contributed by atoms with van der Waals surface area (Å²) in [5, 5.41) is 22.2. The Morgan fingerprint density at radius 2 is 1.76 bits per heavy atom. The minimum Gasteiger partial charge on any atom is -0.396 e. The van der Waals surface area contributed by atoms with E-state index >= 15 is 0 Å². The molecule has 2 aliphatic rings. The van der Waals surface area contributed by atoms with E-state index in [1.807, 2.05) is 0 Å². The third kappa shape index (κ3) is 3.42. The van der Waals surface area contributed by atoms with Gasteiger partial charge in [0.25, 0.3) is 0 Å². The average molecular weight is 241 g/mol. The molecule has 0 aromatic rings. The van der Waals surface area contributed by atoms with Gasteiger partial charge < -0.3 is 15.5 Å². The Morgan fingerprint density at radius 1 is 1.12 bits per heavy atom. The zero-order valence-corrected chi connectivity index (χ0v) is 10.4. The topological polar surface area (TPSA) is 69.6 Å². The summed E-state index contributed by atoms with van der Waals surface area (Å²) in [5.41, 5.74) is -0.830. The van der Waals surface area contributed by atoms with Crippen molar-refractivity contribution in [1.82, 2.24) is 5.32 Å². The summed E-state index contributed by atoms with van der Waals surface area (Å²) >= 11 is 0. The van der Waals surface area contributed by atoms with Crippen LogP contribution >= 0.6 is 0 Å². The lowest BCUT2D eigenvalue weighted by Crippen LogP contribution is -2.40. The zero-order chi connectivity index (χ0) is 12.4. The molecule has 0 spiro atoms. The zero-order valence-electron chi connectivity index (χ0n) is 10.4. The van der Waals surface area contributed by atoms with Gasteiger partial charge in [0.1, 0.15) is 0 Å². The maximum atomic E-state index is 11.8. The quantitative estimate of drug-likeness (QED) is 0.671. The largest absolute Gasteiger partial charge is 0.396 e. The summed E-state index contributed by atoms with van der Waals surface area (Å²) in [6.07, 6.45) is 6.89. The number of aliphatic hydroxyl groups is 2. The van der Waals surface area contributed by atoms with E-state index in [9.17, 15) is 9.90 Å². The van der Waals surface area contributed by atoms with Crippen molar-refractivity contribution in [2.75, 3.05) is 13.2 Å². The molecule has 17 heavy (non-hydrogen) atoms. The number of amides is 1. The fraction of sp³-hybridized carbons (Fsp3) is 0.923. The Balaban J connectivity index is 1.73. The van der Waals surface area contributed by atoms with Crippen LogP contribution < -0.4 is 5.32 Å². The predicted octanol–water partition coefficient (Wildman–Crippen LogP) is 0.960. The molecule has 1 amide bonds. The normalized spacial score (nSPS) is 25.3. The first-order valence-electron chi connectivity index (χ1n) is 6.68. The molecule has 0 bridgehead atoms. The molecule has 0 aliphatic heterocycles. The van der Waals surface area contributed by atoms with Gasteiger partial charge in [0.05, 0.1) is 18.6 Å². The molecule has 0 saturated heterocycles. The molecule has 4 heteroatoms. The first-order valence-corrected chi connectivity index (χ1v) is 6.68. The highest BCUT2D eigenvalue weighted by Crippen LogP contribution is 2.44. The van der Waals surface area contributed by atoms with Gasteiger partial charge in [0.15, 0.2) is 0 Å². The highest BCUT2D eigenvalue weighted by Gasteiger charge is 2.42. The second-order valence-electron chi connectivity index (χ2n) is 5.90. The Hall–Kier alpha value is -0.610. The van der Waals surface area contributed by atoms with Crippen molar-refractivity contribution in [3.63, 3.8) is 0 Å². The summed E-state index contributed by atoms with van der Waals surface area (Å²) < 4.78 is 0. The number of carbonyl (C=O) groups excluding carboxylic acids is 1. The number of carbonyl (C=O) groups is 1. The monoisotopic (exact) mass is 241 g/mol. The van der Waals surface area contributed by atoms with Crippen LogP contribution in [0.25, 0.3) is 0 Å². The van der Waals surface area contributed by atoms with E-state index < -0.39 is 5.60 Å². The van der Waals surface area contributed by atoms with Crippen LogP contribution in [0.15, 0.2) is 0 Å². The number of rotatable bonds is 5. The molecular formula is C13H23NO3. The molecule has 0 radical (unpaired) electrons. The van der Waals surface area contributed by atoms with Crippen LogP contribution in [0.3, 0.4) is 0 Å². The van der Waals surface area contributed by atoms with Gasteiger partial charge in [-0.15, -0.1) is 0 Å². The predicted molar refractivity (Wildman–Crippen MR) is 64.4 cm³/mol. The first-order chi connectivity index (χ1) is 8.08. The molecule has 2 aliphatic carbocycles. The van der Waals surface area contributed by atoms with E-state index in [0.29, 0.717) is 6.54 Å². The van der Waals surface area contributed by atoms with E-state index in [0.717, 1.165) is 44.9 Å². The molecule has 4 nitrogen and oxygen atoms in total. The van der Waals surface area contributed by atoms with Gasteiger partial charge in [0, 0.05) is 12.0 Å². The Morgan fingerprint density at radius 3 is 2.29 bits per heavy atom. The Bertz CT molecular complexity index is 280. The molecule has 3 N–H and O–H groups in total. The van der Waals surface area contributed by atoms with E-state index in [1.54, 1.807) is 0 Å². The van der Waals surface area contributed by atoms with Gasteiger partial charge in [-0.05, 0) is 25.7 Å². The third-order valence-electron chi connectivity index (χ3n) is 4.23. The van der Waals surface area contributed by atoms with Crippen molar-refractivity contribution in [3.8, 4) is 0 Å². The Kier molecular flexibility index (Phi) is 3.73. The maximum absolute atomic E-state index is 11.8. The SMILES string of the molecule is O=C(CC1(O)CCCCC1)NCC1(CO)CC1. The van der Waals surface area contributed by atoms with Crippen LogP contribution in [0.4, 0.5) is 0 Å². The minimum atomic E-state index is -0.780. The molecule has 0 aromatic heterocycles. The number of aliphatic hydroxyl groups excluding tert-OH is 1. The smallest absolute Gasteiger partial charge is 0.222 e. The molecule has 0 aromatic carbocycles. The molecule has 2 rings (SSSR count). The fourth-order valence-electron chi connectivity index (χ4n) is 2.60. The molecule has 2 saturated carbocycles. The van der Waals surface area contributed by atoms with Crippen molar-refractivity contribution in [1.29, 1.82) is 0 Å². The third-order valence-corrected chi connectivity index (χ3v) is 4.23. The Labute approximate surface area is 102 Å². The van der Waals surface area contributed by atoms with E-state index in [1.165, 1.54) is 0 Å². The van der Waals surface area contributed by atoms with E-state index in [-0.39, 0.29) is 24.3 Å². The van der Waals surface area contributed by atoms with E-state index in [4.69, 9.17) is 5.11 Å². The van der Waals surface area contributed by atoms with Crippen LogP contribution in [0.1, 0.15) is 51.4 Å². The minimum absolute atomic E-state index is 0.0508. The lowest BCUT2D eigenvalue weighted by Gasteiger charge is -2.31. The lowest BCUT2D eigenvalue weighted by molar-refractivity contribution is -0.127. The number of hydrogen-bond acceptors (Lipinski definition) is 3. The van der Waals surface area contributed by atoms with Crippen molar-refractivity contribution < 1.29 is 15.0 Å².